The van der Waals surface area contributed by atoms with E-state index in [0.717, 1.165) is 5.92 Å². The molecule has 1 rings (SSSR count). The smallest absolute Gasteiger partial charge is 0.0397 e. The minimum Gasteiger partial charge on any atom is -0.0839 e. The van der Waals surface area contributed by atoms with E-state index in [1.54, 1.807) is 0 Å². The van der Waals surface area contributed by atoms with Gasteiger partial charge in [-0.15, -0.1) is 0 Å². The van der Waals surface area contributed by atoms with E-state index in [1.165, 1.54) is 17.5 Å². The van der Waals surface area contributed by atoms with Gasteiger partial charge >= 0.3 is 0 Å². The number of halogens is 1. The molecule has 0 N–H and O–H groups in total. The van der Waals surface area contributed by atoms with Gasteiger partial charge in [-0.2, -0.15) is 0 Å². The molecular formula is C12H17Br. The lowest BCUT2D eigenvalue weighted by molar-refractivity contribution is 0.584. The topological polar surface area (TPSA) is 0 Å². The fourth-order valence-corrected chi connectivity index (χ4v) is 2.38. The van der Waals surface area contributed by atoms with Crippen LogP contribution in [0.4, 0.5) is 0 Å². The Balaban J connectivity index is 2.66. The molecule has 0 saturated heterocycles. The molecule has 0 fully saturated rings. The average molecular weight is 241 g/mol. The lowest BCUT2D eigenvalue weighted by Crippen LogP contribution is -1.95. The van der Waals surface area contributed by atoms with Gasteiger partial charge < -0.3 is 0 Å². The molecule has 1 atom stereocenters. The highest BCUT2D eigenvalue weighted by atomic mass is 79.9. The lowest BCUT2D eigenvalue weighted by atomic mass is 10.0. The zero-order chi connectivity index (χ0) is 9.84. The molecule has 1 aromatic rings. The largest absolute Gasteiger partial charge is 0.0839 e. The Labute approximate surface area is 89.5 Å². The van der Waals surface area contributed by atoms with Gasteiger partial charge in [-0.05, 0) is 24.8 Å². The maximum Gasteiger partial charge on any atom is 0.0397 e. The number of hydrogen-bond acceptors (Lipinski definition) is 0. The predicted octanol–water partition coefficient (Wildman–Crippen LogP) is 4.48. The van der Waals surface area contributed by atoms with Crippen molar-refractivity contribution in [1.29, 1.82) is 0 Å². The van der Waals surface area contributed by atoms with E-state index in [1.807, 2.05) is 0 Å². The Morgan fingerprint density at radius 2 is 1.69 bits per heavy atom. The molecule has 0 aliphatic rings. The van der Waals surface area contributed by atoms with Gasteiger partial charge in [0.2, 0.25) is 0 Å². The second kappa shape index (κ2) is 4.80. The van der Waals surface area contributed by atoms with Crippen LogP contribution in [-0.4, -0.2) is 0 Å². The van der Waals surface area contributed by atoms with Crippen LogP contribution in [0.2, 0.25) is 0 Å². The summed E-state index contributed by atoms with van der Waals surface area (Å²) in [6, 6.07) is 8.75. The van der Waals surface area contributed by atoms with Gasteiger partial charge in [-0.3, -0.25) is 0 Å². The first-order valence-electron chi connectivity index (χ1n) is 4.80. The van der Waals surface area contributed by atoms with Crippen molar-refractivity contribution in [1.82, 2.24) is 0 Å². The van der Waals surface area contributed by atoms with E-state index >= 15 is 0 Å². The van der Waals surface area contributed by atoms with E-state index in [4.69, 9.17) is 0 Å². The molecule has 0 saturated carbocycles. The normalized spacial score (nSPS) is 13.3. The highest BCUT2D eigenvalue weighted by Gasteiger charge is 2.08. The quantitative estimate of drug-likeness (QED) is 0.684. The van der Waals surface area contributed by atoms with Crippen molar-refractivity contribution in [3.05, 3.63) is 35.4 Å². The van der Waals surface area contributed by atoms with Crippen LogP contribution < -0.4 is 0 Å². The molecule has 0 heterocycles. The molecule has 0 aliphatic carbocycles. The van der Waals surface area contributed by atoms with Crippen molar-refractivity contribution in [3.8, 4) is 0 Å². The number of aryl methyl sites for hydroxylation is 1. The average Bonchev–Trinajstić information content (AvgIpc) is 2.04. The Hall–Kier alpha value is -0.300. The van der Waals surface area contributed by atoms with E-state index < -0.39 is 0 Å². The first-order chi connectivity index (χ1) is 6.09. The summed E-state index contributed by atoms with van der Waals surface area (Å²) < 4.78 is 0. The lowest BCUT2D eigenvalue weighted by Gasteiger charge is -2.12. The summed E-state index contributed by atoms with van der Waals surface area (Å²) in [7, 11) is 0. The van der Waals surface area contributed by atoms with Crippen LogP contribution in [0.5, 0.6) is 0 Å². The molecule has 1 aromatic carbocycles. The third-order valence-electron chi connectivity index (χ3n) is 2.12. The standard InChI is InChI=1S/C12H17Br/c1-9(2)8-12(13)11-6-4-10(3)5-7-11/h4-7,9,12H,8H2,1-3H3. The molecule has 0 aliphatic heterocycles. The number of benzene rings is 1. The molecule has 0 amide bonds. The van der Waals surface area contributed by atoms with Gasteiger partial charge in [0.1, 0.15) is 0 Å². The summed E-state index contributed by atoms with van der Waals surface area (Å²) in [5, 5.41) is 0. The van der Waals surface area contributed by atoms with Gasteiger partial charge in [-0.25, -0.2) is 0 Å². The van der Waals surface area contributed by atoms with Crippen LogP contribution in [-0.2, 0) is 0 Å². The summed E-state index contributed by atoms with van der Waals surface area (Å²) in [4.78, 5) is 0.507. The summed E-state index contributed by atoms with van der Waals surface area (Å²) in [5.41, 5.74) is 2.72. The van der Waals surface area contributed by atoms with Crippen molar-refractivity contribution in [2.24, 2.45) is 5.92 Å². The molecule has 1 unspecified atom stereocenters. The molecule has 13 heavy (non-hydrogen) atoms. The van der Waals surface area contributed by atoms with E-state index in [0.29, 0.717) is 4.83 Å². The maximum atomic E-state index is 3.71. The number of alkyl halides is 1. The first-order valence-corrected chi connectivity index (χ1v) is 5.72. The van der Waals surface area contributed by atoms with Gasteiger partial charge in [0.25, 0.3) is 0 Å². The summed E-state index contributed by atoms with van der Waals surface area (Å²) >= 11 is 3.71. The molecule has 72 valence electrons. The second-order valence-electron chi connectivity index (χ2n) is 4.01. The third kappa shape index (κ3) is 3.51. The fourth-order valence-electron chi connectivity index (χ4n) is 1.33. The maximum absolute atomic E-state index is 3.71. The Bertz CT molecular complexity index is 248. The van der Waals surface area contributed by atoms with Crippen molar-refractivity contribution in [2.45, 2.75) is 32.0 Å². The summed E-state index contributed by atoms with van der Waals surface area (Å²) in [6.45, 7) is 6.63. The van der Waals surface area contributed by atoms with Crippen LogP contribution in [0.1, 0.15) is 36.2 Å². The van der Waals surface area contributed by atoms with Crippen molar-refractivity contribution >= 4 is 15.9 Å². The first kappa shape index (κ1) is 10.8. The van der Waals surface area contributed by atoms with Gasteiger partial charge in [-0.1, -0.05) is 59.6 Å². The molecule has 0 bridgehead atoms. The van der Waals surface area contributed by atoms with Crippen LogP contribution in [0.3, 0.4) is 0 Å². The van der Waals surface area contributed by atoms with Gasteiger partial charge in [0.15, 0.2) is 0 Å². The highest BCUT2D eigenvalue weighted by Crippen LogP contribution is 2.29. The minimum atomic E-state index is 0.507. The molecular weight excluding hydrogens is 224 g/mol. The zero-order valence-electron chi connectivity index (χ0n) is 8.55. The van der Waals surface area contributed by atoms with Crippen LogP contribution in [0.25, 0.3) is 0 Å². The second-order valence-corrected chi connectivity index (χ2v) is 5.11. The zero-order valence-corrected chi connectivity index (χ0v) is 10.1. The van der Waals surface area contributed by atoms with E-state index in [-0.39, 0.29) is 0 Å². The molecule has 0 nitrogen and oxygen atoms in total. The Morgan fingerprint density at radius 1 is 1.15 bits per heavy atom. The number of hydrogen-bond donors (Lipinski definition) is 0. The predicted molar refractivity (Wildman–Crippen MR) is 62.3 cm³/mol. The van der Waals surface area contributed by atoms with E-state index in [9.17, 15) is 0 Å². The van der Waals surface area contributed by atoms with E-state index in [2.05, 4.69) is 61.0 Å². The van der Waals surface area contributed by atoms with Crippen LogP contribution in [0.15, 0.2) is 24.3 Å². The van der Waals surface area contributed by atoms with Crippen molar-refractivity contribution in [3.63, 3.8) is 0 Å². The fraction of sp³-hybridized carbons (Fsp3) is 0.500. The molecule has 0 spiro atoms. The molecule has 0 aromatic heterocycles. The SMILES string of the molecule is Cc1ccc(C(Br)CC(C)C)cc1. The Morgan fingerprint density at radius 3 is 2.15 bits per heavy atom. The minimum absolute atomic E-state index is 0.507. The number of rotatable bonds is 3. The summed E-state index contributed by atoms with van der Waals surface area (Å²) in [6.07, 6.45) is 1.20. The van der Waals surface area contributed by atoms with Crippen molar-refractivity contribution in [2.75, 3.05) is 0 Å². The molecule has 1 heteroatoms. The van der Waals surface area contributed by atoms with Gasteiger partial charge in [0.05, 0.1) is 0 Å². The Kier molecular flexibility index (Phi) is 3.98. The van der Waals surface area contributed by atoms with Crippen molar-refractivity contribution < 1.29 is 0 Å². The third-order valence-corrected chi connectivity index (χ3v) is 3.02. The van der Waals surface area contributed by atoms with Crippen LogP contribution in [0, 0.1) is 12.8 Å². The molecule has 0 radical (unpaired) electrons. The summed E-state index contributed by atoms with van der Waals surface area (Å²) in [5.74, 6) is 0.741. The van der Waals surface area contributed by atoms with Crippen LogP contribution >= 0.6 is 15.9 Å². The highest BCUT2D eigenvalue weighted by molar-refractivity contribution is 9.09. The monoisotopic (exact) mass is 240 g/mol. The van der Waals surface area contributed by atoms with Gasteiger partial charge in [0, 0.05) is 4.83 Å².